The Morgan fingerprint density at radius 2 is 0.595 bits per heavy atom. The van der Waals surface area contributed by atoms with E-state index in [0.29, 0.717) is 75.1 Å². The summed E-state index contributed by atoms with van der Waals surface area (Å²) in [6, 6.07) is 19.2. The van der Waals surface area contributed by atoms with Crippen molar-refractivity contribution in [1.29, 1.82) is 0 Å². The van der Waals surface area contributed by atoms with E-state index in [2.05, 4.69) is 27.7 Å². The van der Waals surface area contributed by atoms with Crippen molar-refractivity contribution in [3.63, 3.8) is 0 Å². The summed E-state index contributed by atoms with van der Waals surface area (Å²) in [4.78, 5) is 22.3. The maximum atomic E-state index is 14.0. The van der Waals surface area contributed by atoms with Crippen LogP contribution in [0.15, 0.2) is 166 Å². The van der Waals surface area contributed by atoms with Gasteiger partial charge in [0.25, 0.3) is 0 Å². The molecule has 13 atom stereocenters. The van der Waals surface area contributed by atoms with E-state index in [1.165, 1.54) is 0 Å². The van der Waals surface area contributed by atoms with Crippen LogP contribution in [0.2, 0.25) is 0 Å². The Morgan fingerprint density at radius 1 is 0.347 bits per heavy atom. The van der Waals surface area contributed by atoms with Gasteiger partial charge in [-0.1, -0.05) is 212 Å². The number of aliphatic hydroxyl groups is 14. The van der Waals surface area contributed by atoms with Crippen LogP contribution in [0.5, 0.6) is 0 Å². The molecular weight excluding hydrogens is 3240 g/mol. The fourth-order valence-corrected chi connectivity index (χ4v) is 15.8. The van der Waals surface area contributed by atoms with Gasteiger partial charge in [-0.3, -0.25) is 4.79 Å². The van der Waals surface area contributed by atoms with Crippen LogP contribution >= 0.6 is 7.14 Å². The van der Waals surface area contributed by atoms with Gasteiger partial charge in [0.05, 0.1) is 79.4 Å². The predicted octanol–water partition coefficient (Wildman–Crippen LogP) is 9.74. The zero-order valence-corrected chi connectivity index (χ0v) is 136. The quantitative estimate of drug-likeness (QED) is 0.0398. The molecule has 2 bridgehead atoms. The van der Waals surface area contributed by atoms with Crippen molar-refractivity contribution < 1.29 is 810 Å². The van der Waals surface area contributed by atoms with Crippen LogP contribution in [0.25, 0.3) is 0 Å². The van der Waals surface area contributed by atoms with E-state index < -0.39 is 97.6 Å². The van der Waals surface area contributed by atoms with Crippen LogP contribution in [0.1, 0.15) is 209 Å². The van der Waals surface area contributed by atoms with Gasteiger partial charge in [-0.25, -0.2) is 4.79 Å². The molecule has 7 aliphatic rings. The molecule has 2 aromatic carbocycles. The van der Waals surface area contributed by atoms with Crippen molar-refractivity contribution in [3.05, 3.63) is 166 Å². The van der Waals surface area contributed by atoms with Crippen LogP contribution in [0.3, 0.4) is 0 Å². The Hall–Kier alpha value is 19.2. The number of unbranched alkanes of at least 4 members (excludes halogenated alkanes) is 6. The summed E-state index contributed by atoms with van der Waals surface area (Å²) in [6.07, 6.45) is 26.1. The van der Waals surface area contributed by atoms with Gasteiger partial charge in [0.15, 0.2) is 5.60 Å². The maximum absolute atomic E-state index is 14.0. The number of ether oxygens (including phenoxy) is 1. The number of hydrogen-bond donors (Lipinski definition) is 14. The number of rotatable bonds is 17. The Balaban J connectivity index is -0.0000000598. The SMILES string of the molecule is CC=C1C[C@@H](O)C(=CCCC)[C@H](O)C1.CCCC=C1[C@H](O)CC(=CCO)C[C@H]1O.CCCC=C1[C@H](O)CC(=CCP(=O)(c2ccccc2)c2ccccc2)C[C@H]1O.CCCC=C1[C@H](O)CC(=O)C[C@H]1O.CCCC=C1[C@H](O)CC(C)(O)C[C@H]1O.CCCC=C1[C@H](O)C[C@]2(O)C[C@H]1OC2=O.[Y].[Y].[Y].[Y].[Y].[Y].[Y].[Y].[Y].[Y].[Y].[Y].[Y].[Y].[Y].[Y].[Y].[Y].[Y].[Y].[Y].[Y]. The molecular formula is C80H121O18PY22. The van der Waals surface area contributed by atoms with Crippen molar-refractivity contribution in [2.75, 3.05) is 12.8 Å². The van der Waals surface area contributed by atoms with Crippen LogP contribution in [0.4, 0.5) is 0 Å². The average Bonchev–Trinajstić information content (AvgIpc) is 1.58. The molecule has 6 aliphatic carbocycles. The summed E-state index contributed by atoms with van der Waals surface area (Å²) in [7, 11) is -2.82. The molecule has 6 saturated carbocycles. The van der Waals surface area contributed by atoms with Crippen molar-refractivity contribution >= 4 is 29.5 Å². The van der Waals surface area contributed by atoms with Gasteiger partial charge in [-0.05, 0) is 124 Å². The van der Waals surface area contributed by atoms with E-state index in [-0.39, 0.29) is 751 Å². The largest absolute Gasteiger partial charge is 0.455 e. The molecule has 1 heterocycles. The molecule has 0 spiro atoms. The van der Waals surface area contributed by atoms with Crippen molar-refractivity contribution in [3.8, 4) is 0 Å². The summed E-state index contributed by atoms with van der Waals surface area (Å²) >= 11 is 0. The Bertz CT molecular complexity index is 3080. The summed E-state index contributed by atoms with van der Waals surface area (Å²) in [5.41, 5.74) is 5.02. The molecule has 9 rings (SSSR count). The number of hydrogen-bond acceptors (Lipinski definition) is 18. The van der Waals surface area contributed by atoms with Gasteiger partial charge in [0.2, 0.25) is 0 Å². The number of allylic oxidation sites excluding steroid dienone is 8. The van der Waals surface area contributed by atoms with Crippen LogP contribution in [-0.4, -0.2) is 180 Å². The third-order valence-corrected chi connectivity index (χ3v) is 21.9. The molecule has 18 nitrogen and oxygen atoms in total. The number of fused-ring (bicyclic) bond motifs is 2. The third-order valence-electron chi connectivity index (χ3n) is 18.9. The Morgan fingerprint density at radius 3 is 0.868 bits per heavy atom. The molecule has 22 radical (unpaired) electrons. The minimum absolute atomic E-state index is 0. The van der Waals surface area contributed by atoms with E-state index in [1.807, 2.05) is 130 Å². The standard InChI is InChI=1S/C24H29O3P.C12H20O3.C12H20O2.C11H16O4.C11H20O3.C10H16O3.22Y/c1-2-3-14-22-23(25)17-19(18-24(22)26)15-16-28(27,20-10-6-4-7-11-20)21-12-8-5-9-13-21;1-2-3-4-10-11(14)7-9(5-6-13)8-12(10)15;1-3-5-6-10-11(13)7-9(4-2)8-12(10)14;1-2-3-4-7-8(12)5-11(14)6-9(7)15-10(11)13;1-3-4-5-8-9(12)6-11(2,14)7-10(8)13;1-2-3-4-8-9(12)5-7(11)6-10(8)13;;;;;;;;;;;;;;;;;;;;;;/h4-15,23-26H,2-3,16-18H2,1H3;4-5,11-15H,2-3,6-8H2,1H3;4,6,11-14H,3,5,7-8H2,1-2H3;4,8-9,12,14H,2-3,5-6H2,1H3;5,9-10,12-14H,3-4,6-7H2,1-2H3;4,9-10,12-13H,2-3,5-6H2,1H3;;;;;;;;;;;;;;;;;;;;;;/t23-,24-;2*11-,12-;8-,9-,11+;9-,10-,11?;9-,10-;;;;;;;;;;;;;;;;;;;;;;/m111111....................../s1. The molecule has 0 unspecified atom stereocenters. The van der Waals surface area contributed by atoms with Gasteiger partial charge in [0, 0.05) is 775 Å². The minimum Gasteiger partial charge on any atom is -0.455 e. The van der Waals surface area contributed by atoms with E-state index in [4.69, 9.17) is 9.84 Å². The normalized spacial score (nSPS) is 24.0. The van der Waals surface area contributed by atoms with Gasteiger partial charge < -0.3 is 80.8 Å². The minimum atomic E-state index is -2.82. The number of esters is 1. The second-order valence-corrected chi connectivity index (χ2v) is 30.4. The first kappa shape index (κ1) is 185. The predicted molar refractivity (Wildman–Crippen MR) is 392 cm³/mol. The summed E-state index contributed by atoms with van der Waals surface area (Å²) in [5.74, 6) is -0.653. The van der Waals surface area contributed by atoms with E-state index in [0.717, 1.165) is 127 Å². The number of carbonyl (C=O) groups is 2. The molecule has 1 saturated heterocycles. The summed E-state index contributed by atoms with van der Waals surface area (Å²) < 4.78 is 19.1. The Labute approximate surface area is 1280 Å². The Kier molecular flexibility index (Phi) is 162. The second-order valence-electron chi connectivity index (χ2n) is 27.5. The molecule has 121 heavy (non-hydrogen) atoms. The topological polar surface area (TPSA) is 344 Å². The first-order valence-corrected chi connectivity index (χ1v) is 38.2. The molecule has 14 N–H and O–H groups in total. The van der Waals surface area contributed by atoms with Crippen LogP contribution in [0, 0.1) is 0 Å². The number of Topliss-reactive ketones (excluding diaryl/α,β-unsaturated/α-hetero) is 1. The van der Waals surface area contributed by atoms with Gasteiger partial charge in [-0.15, -0.1) is 0 Å². The van der Waals surface area contributed by atoms with E-state index in [1.54, 1.807) is 13.0 Å². The molecule has 0 amide bonds. The van der Waals surface area contributed by atoms with Crippen LogP contribution < -0.4 is 10.6 Å². The summed E-state index contributed by atoms with van der Waals surface area (Å²) in [5, 5.41) is 138. The van der Waals surface area contributed by atoms with Gasteiger partial charge >= 0.3 is 5.97 Å². The number of benzene rings is 2. The fraction of sp³-hybridized carbons (Fsp3) is 0.600. The molecule has 7 fully saturated rings. The molecule has 41 heteroatoms. The average molecular weight is 3360 g/mol. The van der Waals surface area contributed by atoms with Gasteiger partial charge in [-0.2, -0.15) is 0 Å². The first-order chi connectivity index (χ1) is 47.1. The number of aliphatic hydroxyl groups excluding tert-OH is 12. The van der Waals surface area contributed by atoms with Gasteiger partial charge in [0.1, 0.15) is 19.0 Å². The van der Waals surface area contributed by atoms with Crippen LogP contribution in [-0.2, 0) is 738 Å². The van der Waals surface area contributed by atoms with E-state index >= 15 is 0 Å². The molecule has 2 aromatic rings. The number of carbonyl (C=O) groups excluding carboxylic acids is 2. The first-order valence-electron chi connectivity index (χ1n) is 36.3. The van der Waals surface area contributed by atoms with E-state index in [9.17, 15) is 80.5 Å². The number of ketones is 1. The maximum Gasteiger partial charge on any atom is 0.338 e. The van der Waals surface area contributed by atoms with Crippen molar-refractivity contribution in [1.82, 2.24) is 0 Å². The molecule has 1 aliphatic heterocycles. The second kappa shape index (κ2) is 106. The smallest absolute Gasteiger partial charge is 0.338 e. The monoisotopic (exact) mass is 3360 g/mol. The zero-order chi connectivity index (χ0) is 73.5. The van der Waals surface area contributed by atoms with Crippen molar-refractivity contribution in [2.24, 2.45) is 0 Å². The zero-order valence-electron chi connectivity index (χ0n) is 72.8. The fourth-order valence-electron chi connectivity index (χ4n) is 13.3. The molecule has 0 aromatic heterocycles. The summed E-state index contributed by atoms with van der Waals surface area (Å²) in [6.45, 7) is 15.9. The van der Waals surface area contributed by atoms with Crippen molar-refractivity contribution in [2.45, 2.75) is 294 Å². The third kappa shape index (κ3) is 70.9. The molecule has 620 valence electrons.